The molecule has 6 heterocycles. The summed E-state index contributed by atoms with van der Waals surface area (Å²) in [6.45, 7) is 17.5. The van der Waals surface area contributed by atoms with Crippen LogP contribution in [0.2, 0.25) is 0 Å². The van der Waals surface area contributed by atoms with Crippen molar-refractivity contribution < 1.29 is 0 Å². The molecule has 7 aromatic rings. The number of nitrogens with zero attached hydrogens (tertiary/aromatic N) is 2. The normalized spacial score (nSPS) is 11.6. The Morgan fingerprint density at radius 1 is 0.455 bits per heavy atom. The van der Waals surface area contributed by atoms with Crippen LogP contribution in [0.4, 0.5) is 0 Å². The number of hydrogen-bond donors (Lipinski definition) is 2. The predicted octanol–water partition coefficient (Wildman–Crippen LogP) is 11.8. The average molecular weight is 651 g/mol. The molecule has 0 aliphatic heterocycles. The van der Waals surface area contributed by atoms with Crippen LogP contribution >= 0.6 is 45.3 Å². The van der Waals surface area contributed by atoms with Crippen LogP contribution in [0.15, 0.2) is 48.5 Å². The van der Waals surface area contributed by atoms with E-state index in [9.17, 15) is 0 Å². The number of benzene rings is 1. The molecule has 0 bridgehead atoms. The zero-order chi connectivity index (χ0) is 30.9. The van der Waals surface area contributed by atoms with Crippen LogP contribution in [0.3, 0.4) is 0 Å². The molecule has 0 aliphatic rings. The largest absolute Gasteiger partial charge is 0.337 e. The minimum absolute atomic E-state index is 0.865. The van der Waals surface area contributed by atoms with Crippen molar-refractivity contribution in [1.29, 1.82) is 0 Å². The predicted molar refractivity (Wildman–Crippen MR) is 193 cm³/mol. The van der Waals surface area contributed by atoms with Gasteiger partial charge < -0.3 is 9.97 Å². The smallest absolute Gasteiger partial charge is 0.138 e. The van der Waals surface area contributed by atoms with Crippen LogP contribution in [-0.4, -0.2) is 19.9 Å². The maximum Gasteiger partial charge on any atom is 0.138 e. The summed E-state index contributed by atoms with van der Waals surface area (Å²) in [6.07, 6.45) is 0. The molecule has 0 saturated carbocycles. The molecule has 8 heteroatoms. The van der Waals surface area contributed by atoms with Gasteiger partial charge in [0.2, 0.25) is 0 Å². The third kappa shape index (κ3) is 5.13. The van der Waals surface area contributed by atoms with Gasteiger partial charge in [0.25, 0.3) is 0 Å². The summed E-state index contributed by atoms with van der Waals surface area (Å²) in [7, 11) is 0. The molecule has 0 saturated heterocycles. The molecule has 0 atom stereocenters. The summed E-state index contributed by atoms with van der Waals surface area (Å²) in [6, 6.07) is 17.7. The Hall–Kier alpha value is -3.56. The fourth-order valence-electron chi connectivity index (χ4n) is 6.10. The Bertz CT molecular complexity index is 1900. The summed E-state index contributed by atoms with van der Waals surface area (Å²) in [4.78, 5) is 28.4. The molecular weight excluding hydrogens is 617 g/mol. The van der Waals surface area contributed by atoms with E-state index < -0.39 is 0 Å². The van der Waals surface area contributed by atoms with Crippen molar-refractivity contribution in [1.82, 2.24) is 19.9 Å². The summed E-state index contributed by atoms with van der Waals surface area (Å²) in [5.41, 5.74) is 11.1. The van der Waals surface area contributed by atoms with Gasteiger partial charge in [-0.25, -0.2) is 9.97 Å². The zero-order valence-electron chi connectivity index (χ0n) is 26.1. The molecule has 0 aliphatic carbocycles. The first-order valence-electron chi connectivity index (χ1n) is 14.7. The topological polar surface area (TPSA) is 57.4 Å². The fraction of sp³-hybridized carbons (Fsp3) is 0.222. The lowest BCUT2D eigenvalue weighted by molar-refractivity contribution is 1.29. The monoisotopic (exact) mass is 650 g/mol. The van der Waals surface area contributed by atoms with E-state index in [1.807, 2.05) is 45.3 Å². The van der Waals surface area contributed by atoms with Gasteiger partial charge >= 0.3 is 0 Å². The second-order valence-corrected chi connectivity index (χ2v) is 17.3. The van der Waals surface area contributed by atoms with Gasteiger partial charge in [-0.3, -0.25) is 0 Å². The highest BCUT2D eigenvalue weighted by molar-refractivity contribution is 7.13. The van der Waals surface area contributed by atoms with E-state index in [1.165, 1.54) is 61.3 Å². The number of nitrogens with one attached hydrogen (secondary N) is 2. The molecule has 0 amide bonds. The minimum Gasteiger partial charge on any atom is -0.337 e. The quantitative estimate of drug-likeness (QED) is 0.188. The van der Waals surface area contributed by atoms with Gasteiger partial charge in [-0.15, -0.1) is 45.3 Å². The van der Waals surface area contributed by atoms with Gasteiger partial charge in [0.15, 0.2) is 0 Å². The van der Waals surface area contributed by atoms with Crippen LogP contribution in [0.5, 0.6) is 0 Å². The van der Waals surface area contributed by atoms with E-state index in [1.54, 1.807) is 0 Å². The molecule has 222 valence electrons. The van der Waals surface area contributed by atoms with Crippen LogP contribution < -0.4 is 0 Å². The lowest BCUT2D eigenvalue weighted by atomic mass is 10.1. The van der Waals surface area contributed by atoms with Gasteiger partial charge in [-0.1, -0.05) is 18.2 Å². The first kappa shape index (κ1) is 29.2. The summed E-state index contributed by atoms with van der Waals surface area (Å²) < 4.78 is 0. The summed E-state index contributed by atoms with van der Waals surface area (Å²) >= 11 is 7.31. The van der Waals surface area contributed by atoms with E-state index in [0.29, 0.717) is 0 Å². The van der Waals surface area contributed by atoms with E-state index in [4.69, 9.17) is 9.97 Å². The Kier molecular flexibility index (Phi) is 7.36. The first-order chi connectivity index (χ1) is 21.0. The van der Waals surface area contributed by atoms with Gasteiger partial charge in [0.1, 0.15) is 11.6 Å². The van der Waals surface area contributed by atoms with E-state index in [0.717, 1.165) is 45.6 Å². The molecule has 0 radical (unpaired) electrons. The number of H-pyrrole nitrogens is 2. The third-order valence-corrected chi connectivity index (χ3v) is 11.9. The molecule has 6 aromatic heterocycles. The lowest BCUT2D eigenvalue weighted by Gasteiger charge is -2.02. The Morgan fingerprint density at radius 3 is 1.11 bits per heavy atom. The standard InChI is InChI=1S/C36H34N4S4/c1-17-12-27(21(5)41-17)31-32(28-13-18(2)42-22(28)6)38-35(37-31)25-10-9-11-26(16-25)36-39-33(29-14-19(3)43-23(29)7)34(40-36)30-15-20(4)44-24(30)8/h9-16H,1-8H3,(H,37,38)(H,39,40). The van der Waals surface area contributed by atoms with E-state index in [-0.39, 0.29) is 0 Å². The van der Waals surface area contributed by atoms with Crippen LogP contribution in [-0.2, 0) is 0 Å². The number of aromatic nitrogens is 4. The highest BCUT2D eigenvalue weighted by Crippen LogP contribution is 2.43. The molecule has 2 N–H and O–H groups in total. The van der Waals surface area contributed by atoms with Crippen molar-refractivity contribution in [2.45, 2.75) is 55.4 Å². The second-order valence-electron chi connectivity index (χ2n) is 11.5. The van der Waals surface area contributed by atoms with Gasteiger partial charge in [-0.2, -0.15) is 0 Å². The van der Waals surface area contributed by atoms with Crippen molar-refractivity contribution in [3.05, 3.63) is 87.5 Å². The van der Waals surface area contributed by atoms with Crippen LogP contribution in [0, 0.1) is 55.4 Å². The summed E-state index contributed by atoms with van der Waals surface area (Å²) in [5.74, 6) is 1.73. The number of thiophene rings is 4. The Labute approximate surface area is 274 Å². The number of rotatable bonds is 6. The minimum atomic E-state index is 0.865. The molecule has 44 heavy (non-hydrogen) atoms. The Balaban J connectivity index is 1.37. The molecule has 0 fully saturated rings. The van der Waals surface area contributed by atoms with Crippen molar-refractivity contribution in [3.8, 4) is 67.8 Å². The number of imidazole rings is 2. The van der Waals surface area contributed by atoms with Crippen molar-refractivity contribution in [2.75, 3.05) is 0 Å². The zero-order valence-corrected chi connectivity index (χ0v) is 29.4. The van der Waals surface area contributed by atoms with Crippen molar-refractivity contribution in [3.63, 3.8) is 0 Å². The van der Waals surface area contributed by atoms with Crippen LogP contribution in [0.1, 0.15) is 39.0 Å². The molecule has 4 nitrogen and oxygen atoms in total. The summed E-state index contributed by atoms with van der Waals surface area (Å²) in [5, 5.41) is 0. The molecule has 0 unspecified atom stereocenters. The first-order valence-corrected chi connectivity index (χ1v) is 17.9. The highest BCUT2D eigenvalue weighted by atomic mass is 32.1. The van der Waals surface area contributed by atoms with Gasteiger partial charge in [0.05, 0.1) is 22.8 Å². The van der Waals surface area contributed by atoms with Crippen LogP contribution in [0.25, 0.3) is 67.8 Å². The van der Waals surface area contributed by atoms with Gasteiger partial charge in [0, 0.05) is 72.4 Å². The van der Waals surface area contributed by atoms with Crippen molar-refractivity contribution >= 4 is 45.3 Å². The number of aryl methyl sites for hydroxylation is 8. The fourth-order valence-corrected chi connectivity index (χ4v) is 9.82. The number of aromatic amines is 2. The maximum atomic E-state index is 5.26. The van der Waals surface area contributed by atoms with Gasteiger partial charge in [-0.05, 0) is 85.7 Å². The maximum absolute atomic E-state index is 5.26. The molecule has 1 aromatic carbocycles. The molecule has 0 spiro atoms. The van der Waals surface area contributed by atoms with E-state index >= 15 is 0 Å². The second kappa shape index (κ2) is 11.1. The van der Waals surface area contributed by atoms with Crippen molar-refractivity contribution in [2.24, 2.45) is 0 Å². The Morgan fingerprint density at radius 2 is 0.795 bits per heavy atom. The average Bonchev–Trinajstić information content (AvgIpc) is 3.80. The molecule has 7 rings (SSSR count). The third-order valence-electron chi connectivity index (χ3n) is 8.03. The SMILES string of the molecule is Cc1cc(-c2nc(-c3cccc(-c4nc(-c5cc(C)sc5C)c(-c5cc(C)sc5C)[nH]4)c3)[nH]c2-c2cc(C)sc2C)c(C)s1. The number of hydrogen-bond acceptors (Lipinski definition) is 6. The highest BCUT2D eigenvalue weighted by Gasteiger charge is 2.23. The van der Waals surface area contributed by atoms with E-state index in [2.05, 4.69) is 114 Å². The lowest BCUT2D eigenvalue weighted by Crippen LogP contribution is -1.85. The molecular formula is C36H34N4S4.